The Labute approximate surface area is 101 Å². The number of hydrogen-bond donors (Lipinski definition) is 3. The summed E-state index contributed by atoms with van der Waals surface area (Å²) in [6.07, 6.45) is -0.578. The van der Waals surface area contributed by atoms with Gasteiger partial charge in [0.15, 0.2) is 0 Å². The predicted molar refractivity (Wildman–Crippen MR) is 59.9 cm³/mol. The number of halogens is 1. The summed E-state index contributed by atoms with van der Waals surface area (Å²) in [7, 11) is 0. The first-order valence-electron chi connectivity index (χ1n) is 4.58. The van der Waals surface area contributed by atoms with Gasteiger partial charge in [0, 0.05) is 4.47 Å². The summed E-state index contributed by atoms with van der Waals surface area (Å²) in [4.78, 5) is 10.7. The van der Waals surface area contributed by atoms with Crippen LogP contribution in [0.1, 0.15) is 11.7 Å². The van der Waals surface area contributed by atoms with Crippen LogP contribution in [-0.2, 0) is 9.53 Å². The number of nitrogens with one attached hydrogen (secondary N) is 1. The lowest BCUT2D eigenvalue weighted by Gasteiger charge is -2.15. The minimum Gasteiger partial charge on any atom is -0.393 e. The lowest BCUT2D eigenvalue weighted by molar-refractivity contribution is -0.137. The molecule has 0 fully saturated rings. The molecule has 0 bridgehead atoms. The number of carbonyl (C=O) groups is 1. The monoisotopic (exact) mass is 289 g/mol. The molecule has 0 aromatic heterocycles. The van der Waals surface area contributed by atoms with Crippen molar-refractivity contribution in [2.24, 2.45) is 0 Å². The van der Waals surface area contributed by atoms with Crippen molar-refractivity contribution in [3.8, 4) is 0 Å². The van der Waals surface area contributed by atoms with Gasteiger partial charge in [-0.05, 0) is 17.7 Å². The fraction of sp³-hybridized carbons (Fsp3) is 0.300. The molecule has 0 saturated heterocycles. The van der Waals surface area contributed by atoms with Gasteiger partial charge >= 0.3 is 0 Å². The van der Waals surface area contributed by atoms with Gasteiger partial charge in [0.2, 0.25) is 0 Å². The van der Waals surface area contributed by atoms with Crippen LogP contribution in [0.15, 0.2) is 28.7 Å². The van der Waals surface area contributed by atoms with E-state index < -0.39 is 12.0 Å². The molecule has 1 amide bonds. The Balaban J connectivity index is 2.60. The summed E-state index contributed by atoms with van der Waals surface area (Å²) in [6.45, 7) is -0.544. The highest BCUT2D eigenvalue weighted by atomic mass is 79.9. The quantitative estimate of drug-likeness (QED) is 0.558. The molecule has 0 aliphatic rings. The Kier molecular flexibility index (Phi) is 5.41. The number of ether oxygens (including phenoxy) is 1. The van der Waals surface area contributed by atoms with Crippen LogP contribution in [0.25, 0.3) is 0 Å². The number of amides is 1. The zero-order valence-electron chi connectivity index (χ0n) is 8.39. The Morgan fingerprint density at radius 2 is 2.06 bits per heavy atom. The molecule has 0 radical (unpaired) electrons. The molecule has 0 aliphatic heterocycles. The van der Waals surface area contributed by atoms with E-state index in [0.29, 0.717) is 0 Å². The van der Waals surface area contributed by atoms with Crippen LogP contribution in [0.2, 0.25) is 0 Å². The number of carbonyl (C=O) groups excluding carboxylic acids is 1. The Hall–Kier alpha value is -0.950. The van der Waals surface area contributed by atoms with Crippen LogP contribution in [-0.4, -0.2) is 29.4 Å². The predicted octanol–water partition coefficient (Wildman–Crippen LogP) is 1.00. The van der Waals surface area contributed by atoms with Crippen LogP contribution in [0.3, 0.4) is 0 Å². The highest BCUT2D eigenvalue weighted by Crippen LogP contribution is 2.19. The number of aliphatic hydroxyl groups excluding tert-OH is 1. The summed E-state index contributed by atoms with van der Waals surface area (Å²) in [6, 6.07) is 7.19. The normalized spacial score (nSPS) is 12.2. The zero-order chi connectivity index (χ0) is 12.0. The van der Waals surface area contributed by atoms with E-state index in [-0.39, 0.29) is 13.2 Å². The average molecular weight is 290 g/mol. The molecule has 88 valence electrons. The first-order chi connectivity index (χ1) is 7.67. The van der Waals surface area contributed by atoms with Crippen molar-refractivity contribution in [2.45, 2.75) is 6.10 Å². The maximum Gasteiger partial charge on any atom is 0.269 e. The number of aliphatic hydroxyl groups is 1. The maximum atomic E-state index is 10.7. The van der Waals surface area contributed by atoms with Gasteiger partial charge < -0.3 is 9.84 Å². The topological polar surface area (TPSA) is 78.8 Å². The SMILES string of the molecule is O=C(CO[C@@H](CO)c1ccc(Br)cc1)NO. The van der Waals surface area contributed by atoms with E-state index in [9.17, 15) is 4.79 Å². The van der Waals surface area contributed by atoms with Gasteiger partial charge in [-0.15, -0.1) is 0 Å². The number of benzene rings is 1. The van der Waals surface area contributed by atoms with Gasteiger partial charge in [-0.2, -0.15) is 0 Å². The standard InChI is InChI=1S/C10H12BrNO4/c11-8-3-1-7(2-4-8)9(5-13)16-6-10(14)12-15/h1-4,9,13,15H,5-6H2,(H,12,14)/t9-/m0/s1. The van der Waals surface area contributed by atoms with Crippen molar-refractivity contribution in [1.29, 1.82) is 0 Å². The van der Waals surface area contributed by atoms with Crippen molar-refractivity contribution >= 4 is 21.8 Å². The zero-order valence-corrected chi connectivity index (χ0v) is 9.98. The molecule has 16 heavy (non-hydrogen) atoms. The van der Waals surface area contributed by atoms with Gasteiger partial charge in [-0.25, -0.2) is 5.48 Å². The highest BCUT2D eigenvalue weighted by molar-refractivity contribution is 9.10. The molecule has 1 atom stereocenters. The lowest BCUT2D eigenvalue weighted by atomic mass is 10.1. The molecule has 0 heterocycles. The number of rotatable bonds is 5. The average Bonchev–Trinajstić information content (AvgIpc) is 2.31. The summed E-state index contributed by atoms with van der Waals surface area (Å²) >= 11 is 3.29. The van der Waals surface area contributed by atoms with E-state index in [1.165, 1.54) is 5.48 Å². The minimum atomic E-state index is -0.657. The molecule has 0 unspecified atom stereocenters. The minimum absolute atomic E-state index is 0.236. The van der Waals surface area contributed by atoms with Crippen LogP contribution in [0, 0.1) is 0 Å². The van der Waals surface area contributed by atoms with E-state index in [4.69, 9.17) is 15.1 Å². The van der Waals surface area contributed by atoms with Gasteiger partial charge in [-0.3, -0.25) is 10.0 Å². The largest absolute Gasteiger partial charge is 0.393 e. The van der Waals surface area contributed by atoms with Crippen molar-refractivity contribution in [1.82, 2.24) is 5.48 Å². The Morgan fingerprint density at radius 1 is 1.44 bits per heavy atom. The highest BCUT2D eigenvalue weighted by Gasteiger charge is 2.12. The molecular formula is C10H12BrNO4. The molecule has 1 aromatic carbocycles. The van der Waals surface area contributed by atoms with Gasteiger partial charge in [0.1, 0.15) is 12.7 Å². The van der Waals surface area contributed by atoms with Crippen LogP contribution >= 0.6 is 15.9 Å². The third-order valence-corrected chi connectivity index (χ3v) is 2.48. The van der Waals surface area contributed by atoms with Crippen LogP contribution in [0.4, 0.5) is 0 Å². The fourth-order valence-electron chi connectivity index (χ4n) is 1.14. The summed E-state index contributed by atoms with van der Waals surface area (Å²) in [5.74, 6) is -0.657. The van der Waals surface area contributed by atoms with Crippen molar-refractivity contribution in [3.05, 3.63) is 34.3 Å². The Morgan fingerprint density at radius 3 is 2.56 bits per heavy atom. The second-order valence-corrected chi connectivity index (χ2v) is 3.98. The fourth-order valence-corrected chi connectivity index (χ4v) is 1.40. The van der Waals surface area contributed by atoms with Crippen molar-refractivity contribution in [2.75, 3.05) is 13.2 Å². The van der Waals surface area contributed by atoms with Gasteiger partial charge in [0.25, 0.3) is 5.91 Å². The second-order valence-electron chi connectivity index (χ2n) is 3.07. The van der Waals surface area contributed by atoms with Crippen LogP contribution in [0.5, 0.6) is 0 Å². The first-order valence-corrected chi connectivity index (χ1v) is 5.37. The molecule has 0 saturated carbocycles. The summed E-state index contributed by atoms with van der Waals surface area (Å²) in [5, 5.41) is 17.4. The Bertz CT molecular complexity index is 341. The van der Waals surface area contributed by atoms with E-state index in [1.54, 1.807) is 12.1 Å². The number of hydroxylamine groups is 1. The third-order valence-electron chi connectivity index (χ3n) is 1.95. The molecule has 5 nitrogen and oxygen atoms in total. The van der Waals surface area contributed by atoms with E-state index in [1.807, 2.05) is 12.1 Å². The van der Waals surface area contributed by atoms with Gasteiger partial charge in [0.05, 0.1) is 6.61 Å². The van der Waals surface area contributed by atoms with Gasteiger partial charge in [-0.1, -0.05) is 28.1 Å². The molecule has 3 N–H and O–H groups in total. The smallest absolute Gasteiger partial charge is 0.269 e. The van der Waals surface area contributed by atoms with E-state index >= 15 is 0 Å². The molecular weight excluding hydrogens is 278 g/mol. The van der Waals surface area contributed by atoms with Crippen molar-refractivity contribution < 1.29 is 19.8 Å². The van der Waals surface area contributed by atoms with Crippen LogP contribution < -0.4 is 5.48 Å². The van der Waals surface area contributed by atoms with Crippen molar-refractivity contribution in [3.63, 3.8) is 0 Å². The second kappa shape index (κ2) is 6.59. The molecule has 6 heteroatoms. The van der Waals surface area contributed by atoms with E-state index in [2.05, 4.69) is 15.9 Å². The van der Waals surface area contributed by atoms with E-state index in [0.717, 1.165) is 10.0 Å². The molecule has 0 spiro atoms. The number of hydrogen-bond acceptors (Lipinski definition) is 4. The maximum absolute atomic E-state index is 10.7. The molecule has 1 rings (SSSR count). The molecule has 0 aliphatic carbocycles. The third kappa shape index (κ3) is 3.90. The molecule has 1 aromatic rings. The first kappa shape index (κ1) is 13.1. The summed E-state index contributed by atoms with van der Waals surface area (Å²) < 4.78 is 6.05. The summed E-state index contributed by atoms with van der Waals surface area (Å²) in [5.41, 5.74) is 2.21. The lowest BCUT2D eigenvalue weighted by Crippen LogP contribution is -2.25.